The van der Waals surface area contributed by atoms with E-state index in [1.54, 1.807) is 48.5 Å². The monoisotopic (exact) mass is 562 g/mol. The third-order valence-electron chi connectivity index (χ3n) is 6.60. The molecule has 0 radical (unpaired) electrons. The van der Waals surface area contributed by atoms with Crippen molar-refractivity contribution in [3.63, 3.8) is 0 Å². The fourth-order valence-electron chi connectivity index (χ4n) is 4.30. The number of hydrazone groups is 1. The summed E-state index contributed by atoms with van der Waals surface area (Å²) >= 11 is 0. The van der Waals surface area contributed by atoms with Crippen LogP contribution < -0.4 is 14.5 Å². The van der Waals surface area contributed by atoms with Crippen LogP contribution in [0.25, 0.3) is 0 Å². The number of sulfonamides is 1. The number of anilines is 1. The van der Waals surface area contributed by atoms with Gasteiger partial charge in [-0.1, -0.05) is 29.8 Å². The molecule has 40 heavy (non-hydrogen) atoms. The number of likely N-dealkylation sites (tertiary alicyclic amines) is 1. The van der Waals surface area contributed by atoms with E-state index in [2.05, 4.69) is 10.5 Å². The standard InChI is InChI=1S/C30H34N4O5S/c1-23-6-8-25(9-7-23)21-34(40(2,37)38)27-14-12-26(13-15-27)30(36)32-31-20-24-10-16-28(17-11-24)39-22-29(35)33-18-4-3-5-19-33/h6-17,20H,3-5,18-19,21-22H2,1-2H3,(H,32,36)/b31-20-. The topological polar surface area (TPSA) is 108 Å². The minimum atomic E-state index is -3.54. The van der Waals surface area contributed by atoms with Crippen molar-refractivity contribution in [3.05, 3.63) is 95.1 Å². The number of ether oxygens (including phenoxy) is 1. The van der Waals surface area contributed by atoms with Crippen LogP contribution in [-0.2, 0) is 21.4 Å². The maximum atomic E-state index is 12.6. The summed E-state index contributed by atoms with van der Waals surface area (Å²) in [6.07, 6.45) is 5.90. The van der Waals surface area contributed by atoms with Crippen molar-refractivity contribution >= 4 is 33.7 Å². The summed E-state index contributed by atoms with van der Waals surface area (Å²) in [5, 5.41) is 4.01. The molecule has 10 heteroatoms. The molecule has 1 aliphatic heterocycles. The zero-order valence-electron chi connectivity index (χ0n) is 22.7. The van der Waals surface area contributed by atoms with E-state index >= 15 is 0 Å². The molecule has 0 bridgehead atoms. The van der Waals surface area contributed by atoms with Crippen molar-refractivity contribution < 1.29 is 22.7 Å². The smallest absolute Gasteiger partial charge is 0.271 e. The van der Waals surface area contributed by atoms with Gasteiger partial charge in [0.15, 0.2) is 6.61 Å². The van der Waals surface area contributed by atoms with Gasteiger partial charge in [0.1, 0.15) is 5.75 Å². The molecule has 0 spiro atoms. The molecule has 9 nitrogen and oxygen atoms in total. The summed E-state index contributed by atoms with van der Waals surface area (Å²) in [6.45, 7) is 3.75. The van der Waals surface area contributed by atoms with Gasteiger partial charge in [0.05, 0.1) is 24.7 Å². The molecular formula is C30H34N4O5S. The molecule has 1 heterocycles. The van der Waals surface area contributed by atoms with Crippen LogP contribution >= 0.6 is 0 Å². The number of carbonyl (C=O) groups excluding carboxylic acids is 2. The number of nitrogens with one attached hydrogen (secondary N) is 1. The number of benzene rings is 3. The molecule has 1 fully saturated rings. The molecular weight excluding hydrogens is 528 g/mol. The Bertz CT molecular complexity index is 1430. The summed E-state index contributed by atoms with van der Waals surface area (Å²) in [7, 11) is -3.54. The highest BCUT2D eigenvalue weighted by molar-refractivity contribution is 7.92. The van der Waals surface area contributed by atoms with E-state index in [-0.39, 0.29) is 19.1 Å². The Kier molecular flexibility index (Phi) is 9.55. The minimum Gasteiger partial charge on any atom is -0.484 e. The maximum Gasteiger partial charge on any atom is 0.271 e. The highest BCUT2D eigenvalue weighted by atomic mass is 32.2. The van der Waals surface area contributed by atoms with Gasteiger partial charge in [-0.2, -0.15) is 5.10 Å². The molecule has 1 N–H and O–H groups in total. The van der Waals surface area contributed by atoms with Crippen molar-refractivity contribution in [2.45, 2.75) is 32.7 Å². The van der Waals surface area contributed by atoms with Crippen LogP contribution in [0.5, 0.6) is 5.75 Å². The second-order valence-electron chi connectivity index (χ2n) is 9.80. The van der Waals surface area contributed by atoms with E-state index in [0.29, 0.717) is 17.0 Å². The summed E-state index contributed by atoms with van der Waals surface area (Å²) in [6, 6.07) is 21.0. The average Bonchev–Trinajstić information content (AvgIpc) is 2.96. The van der Waals surface area contributed by atoms with Crippen LogP contribution in [0.2, 0.25) is 0 Å². The van der Waals surface area contributed by atoms with Gasteiger partial charge in [-0.05, 0) is 85.8 Å². The van der Waals surface area contributed by atoms with Crippen molar-refractivity contribution in [1.82, 2.24) is 10.3 Å². The van der Waals surface area contributed by atoms with Crippen molar-refractivity contribution in [1.29, 1.82) is 0 Å². The lowest BCUT2D eigenvalue weighted by molar-refractivity contribution is -0.134. The fourth-order valence-corrected chi connectivity index (χ4v) is 5.19. The molecule has 0 atom stereocenters. The van der Waals surface area contributed by atoms with Crippen LogP contribution in [0, 0.1) is 6.92 Å². The number of rotatable bonds is 10. The fraction of sp³-hybridized carbons (Fsp3) is 0.300. The average molecular weight is 563 g/mol. The molecule has 0 saturated carbocycles. The number of amides is 2. The van der Waals surface area contributed by atoms with Gasteiger partial charge >= 0.3 is 0 Å². The Morgan fingerprint density at radius 3 is 2.23 bits per heavy atom. The Labute approximate surface area is 235 Å². The van der Waals surface area contributed by atoms with Gasteiger partial charge in [0, 0.05) is 18.7 Å². The van der Waals surface area contributed by atoms with Gasteiger partial charge < -0.3 is 9.64 Å². The van der Waals surface area contributed by atoms with Gasteiger partial charge in [0.25, 0.3) is 11.8 Å². The molecule has 210 valence electrons. The first-order valence-corrected chi connectivity index (χ1v) is 15.0. The largest absolute Gasteiger partial charge is 0.484 e. The molecule has 0 unspecified atom stereocenters. The van der Waals surface area contributed by atoms with E-state index in [9.17, 15) is 18.0 Å². The summed E-state index contributed by atoms with van der Waals surface area (Å²) in [5.41, 5.74) is 5.97. The molecule has 0 aromatic heterocycles. The molecule has 2 amide bonds. The minimum absolute atomic E-state index is 0.00335. The first-order valence-electron chi connectivity index (χ1n) is 13.2. The number of hydrogen-bond acceptors (Lipinski definition) is 6. The van der Waals surface area contributed by atoms with Gasteiger partial charge in [-0.15, -0.1) is 0 Å². The van der Waals surface area contributed by atoms with Crippen molar-refractivity contribution in [2.75, 3.05) is 30.3 Å². The van der Waals surface area contributed by atoms with Crippen LogP contribution in [0.4, 0.5) is 5.69 Å². The number of aryl methyl sites for hydroxylation is 1. The summed E-state index contributed by atoms with van der Waals surface area (Å²) in [4.78, 5) is 26.6. The predicted molar refractivity (Wildman–Crippen MR) is 156 cm³/mol. The van der Waals surface area contributed by atoms with Gasteiger partial charge in [-0.3, -0.25) is 13.9 Å². The van der Waals surface area contributed by atoms with Crippen molar-refractivity contribution in [2.24, 2.45) is 5.10 Å². The molecule has 4 rings (SSSR count). The number of piperidine rings is 1. The lowest BCUT2D eigenvalue weighted by atomic mass is 10.1. The molecule has 3 aromatic carbocycles. The predicted octanol–water partition coefficient (Wildman–Crippen LogP) is 4.12. The van der Waals surface area contributed by atoms with Crippen LogP contribution in [-0.4, -0.2) is 57.3 Å². The SMILES string of the molecule is Cc1ccc(CN(c2ccc(C(=O)N/N=C\c3ccc(OCC(=O)N4CCCCC4)cc3)cc2)S(C)(=O)=O)cc1. The maximum absolute atomic E-state index is 12.6. The first kappa shape index (κ1) is 28.8. The Balaban J connectivity index is 1.30. The molecule has 1 saturated heterocycles. The normalized spacial score (nSPS) is 13.7. The van der Waals surface area contributed by atoms with Crippen molar-refractivity contribution in [3.8, 4) is 5.75 Å². The summed E-state index contributed by atoms with van der Waals surface area (Å²) < 4.78 is 31.8. The van der Waals surface area contributed by atoms with Crippen LogP contribution in [0.15, 0.2) is 77.9 Å². The summed E-state index contributed by atoms with van der Waals surface area (Å²) in [5.74, 6) is 0.150. The number of carbonyl (C=O) groups is 2. The van der Waals surface area contributed by atoms with Gasteiger partial charge in [0.2, 0.25) is 10.0 Å². The van der Waals surface area contributed by atoms with E-state index in [0.717, 1.165) is 48.9 Å². The third kappa shape index (κ3) is 8.16. The van der Waals surface area contributed by atoms with Crippen LogP contribution in [0.1, 0.15) is 46.3 Å². The number of nitrogens with zero attached hydrogens (tertiary/aromatic N) is 3. The molecule has 3 aromatic rings. The van der Waals surface area contributed by atoms with E-state index in [4.69, 9.17) is 4.74 Å². The second-order valence-corrected chi connectivity index (χ2v) is 11.7. The molecule has 0 aliphatic carbocycles. The van der Waals surface area contributed by atoms with Crippen LogP contribution in [0.3, 0.4) is 0 Å². The van der Waals surface area contributed by atoms with Gasteiger partial charge in [-0.25, -0.2) is 13.8 Å². The Hall–Kier alpha value is -4.18. The highest BCUT2D eigenvalue weighted by Crippen LogP contribution is 2.22. The second kappa shape index (κ2) is 13.3. The molecule has 1 aliphatic rings. The Morgan fingerprint density at radius 2 is 1.60 bits per heavy atom. The number of hydrogen-bond donors (Lipinski definition) is 1. The highest BCUT2D eigenvalue weighted by Gasteiger charge is 2.19. The lowest BCUT2D eigenvalue weighted by Gasteiger charge is -2.26. The first-order chi connectivity index (χ1) is 19.2. The third-order valence-corrected chi connectivity index (χ3v) is 7.74. The van der Waals surface area contributed by atoms with E-state index < -0.39 is 15.9 Å². The van der Waals surface area contributed by atoms with E-state index in [1.807, 2.05) is 36.1 Å². The zero-order valence-corrected chi connectivity index (χ0v) is 23.6. The van der Waals surface area contributed by atoms with E-state index in [1.165, 1.54) is 16.9 Å². The lowest BCUT2D eigenvalue weighted by Crippen LogP contribution is -2.38. The zero-order chi connectivity index (χ0) is 28.5. The quantitative estimate of drug-likeness (QED) is 0.296. The Morgan fingerprint density at radius 1 is 0.950 bits per heavy atom.